The molecule has 1 aliphatic rings. The highest BCUT2D eigenvalue weighted by molar-refractivity contribution is 6.31. The van der Waals surface area contributed by atoms with Crippen molar-refractivity contribution in [3.63, 3.8) is 0 Å². The van der Waals surface area contributed by atoms with Gasteiger partial charge in [-0.2, -0.15) is 0 Å². The number of ether oxygens (including phenoxy) is 1. The third-order valence-corrected chi connectivity index (χ3v) is 4.44. The number of rotatable bonds is 5. The first-order valence-electron chi connectivity index (χ1n) is 8.91. The van der Waals surface area contributed by atoms with Crippen molar-refractivity contribution in [2.45, 2.75) is 26.3 Å². The standard InChI is InChI=1S/C21H21ClN2O3/c1-2-3-12-23-20(25)10-11-21(26)24-14-15-6-4-5-7-18(15)27-19-9-8-16(22)13-17(19)24/h4-11,13H,2-3,12,14H2,1H3,(H,23,25)/b11-10-. The Hall–Kier alpha value is -2.79. The van der Waals surface area contributed by atoms with Gasteiger partial charge in [0, 0.05) is 29.3 Å². The van der Waals surface area contributed by atoms with E-state index < -0.39 is 0 Å². The molecule has 6 heteroatoms. The number of amides is 2. The lowest BCUT2D eigenvalue weighted by atomic mass is 10.2. The highest BCUT2D eigenvalue weighted by atomic mass is 35.5. The second-order valence-electron chi connectivity index (χ2n) is 6.22. The first kappa shape index (κ1) is 19.0. The largest absolute Gasteiger partial charge is 0.455 e. The van der Waals surface area contributed by atoms with Crippen molar-refractivity contribution in [2.75, 3.05) is 11.4 Å². The van der Waals surface area contributed by atoms with Crippen LogP contribution in [0.4, 0.5) is 5.69 Å². The highest BCUT2D eigenvalue weighted by Gasteiger charge is 2.24. The first-order valence-corrected chi connectivity index (χ1v) is 9.29. The number of carbonyl (C=O) groups is 2. The van der Waals surface area contributed by atoms with Crippen LogP contribution >= 0.6 is 11.6 Å². The van der Waals surface area contributed by atoms with E-state index in [0.717, 1.165) is 18.4 Å². The van der Waals surface area contributed by atoms with Crippen molar-refractivity contribution in [2.24, 2.45) is 0 Å². The van der Waals surface area contributed by atoms with Gasteiger partial charge in [-0.25, -0.2) is 0 Å². The number of unbranched alkanes of at least 4 members (excludes halogenated alkanes) is 1. The van der Waals surface area contributed by atoms with Crippen LogP contribution in [0.1, 0.15) is 25.3 Å². The Bertz CT molecular complexity index is 879. The van der Waals surface area contributed by atoms with Gasteiger partial charge >= 0.3 is 0 Å². The fraction of sp³-hybridized carbons (Fsp3) is 0.238. The average Bonchev–Trinajstić information content (AvgIpc) is 2.83. The van der Waals surface area contributed by atoms with E-state index in [-0.39, 0.29) is 11.8 Å². The Kier molecular flexibility index (Phi) is 6.14. The van der Waals surface area contributed by atoms with E-state index in [1.165, 1.54) is 12.2 Å². The molecule has 5 nitrogen and oxygen atoms in total. The van der Waals surface area contributed by atoms with Crippen LogP contribution in [-0.4, -0.2) is 18.4 Å². The van der Waals surface area contributed by atoms with E-state index >= 15 is 0 Å². The van der Waals surface area contributed by atoms with Crippen molar-refractivity contribution < 1.29 is 14.3 Å². The average molecular weight is 385 g/mol. The SMILES string of the molecule is CCCCNC(=O)/C=C\C(=O)N1Cc2ccccc2Oc2ccc(Cl)cc21. The zero-order valence-electron chi connectivity index (χ0n) is 15.1. The number of nitrogens with zero attached hydrogens (tertiary/aromatic N) is 1. The van der Waals surface area contributed by atoms with E-state index in [0.29, 0.717) is 35.3 Å². The molecule has 2 aromatic carbocycles. The molecule has 3 rings (SSSR count). The number of carbonyl (C=O) groups excluding carboxylic acids is 2. The van der Waals surface area contributed by atoms with Crippen molar-refractivity contribution in [1.29, 1.82) is 0 Å². The van der Waals surface area contributed by atoms with Crippen LogP contribution < -0.4 is 15.0 Å². The molecule has 0 spiro atoms. The summed E-state index contributed by atoms with van der Waals surface area (Å²) in [6.07, 6.45) is 4.44. The Morgan fingerprint density at radius 1 is 1.19 bits per heavy atom. The molecule has 0 bridgehead atoms. The lowest BCUT2D eigenvalue weighted by Gasteiger charge is -2.20. The van der Waals surface area contributed by atoms with Crippen LogP contribution in [0.5, 0.6) is 11.5 Å². The zero-order valence-corrected chi connectivity index (χ0v) is 15.8. The van der Waals surface area contributed by atoms with Gasteiger partial charge in [-0.05, 0) is 30.7 Å². The van der Waals surface area contributed by atoms with E-state index in [9.17, 15) is 9.59 Å². The van der Waals surface area contributed by atoms with E-state index in [1.54, 1.807) is 23.1 Å². The maximum absolute atomic E-state index is 12.8. The minimum atomic E-state index is -0.315. The van der Waals surface area contributed by atoms with Crippen LogP contribution in [0.3, 0.4) is 0 Å². The molecule has 0 saturated heterocycles. The van der Waals surface area contributed by atoms with Crippen molar-refractivity contribution in [3.8, 4) is 11.5 Å². The molecule has 1 N–H and O–H groups in total. The fourth-order valence-corrected chi connectivity index (χ4v) is 2.94. The third kappa shape index (κ3) is 4.68. The molecule has 0 fully saturated rings. The maximum Gasteiger partial charge on any atom is 0.251 e. The third-order valence-electron chi connectivity index (χ3n) is 4.21. The zero-order chi connectivity index (χ0) is 19.2. The molecule has 0 atom stereocenters. The summed E-state index contributed by atoms with van der Waals surface area (Å²) in [7, 11) is 0. The van der Waals surface area contributed by atoms with Crippen LogP contribution in [0.15, 0.2) is 54.6 Å². The number of para-hydroxylation sites is 1. The molecule has 0 unspecified atom stereocenters. The van der Waals surface area contributed by atoms with Gasteiger partial charge in [0.15, 0.2) is 5.75 Å². The number of nitrogens with one attached hydrogen (secondary N) is 1. The second-order valence-corrected chi connectivity index (χ2v) is 6.66. The molecule has 27 heavy (non-hydrogen) atoms. The number of halogens is 1. The predicted molar refractivity (Wildman–Crippen MR) is 106 cm³/mol. The Morgan fingerprint density at radius 2 is 2.00 bits per heavy atom. The summed E-state index contributed by atoms with van der Waals surface area (Å²) in [6.45, 7) is 2.97. The minimum Gasteiger partial charge on any atom is -0.455 e. The summed E-state index contributed by atoms with van der Waals surface area (Å²) < 4.78 is 5.97. The normalized spacial score (nSPS) is 12.7. The molecule has 2 amide bonds. The quantitative estimate of drug-likeness (QED) is 0.612. The van der Waals surface area contributed by atoms with Gasteiger partial charge in [-0.3, -0.25) is 9.59 Å². The number of hydrogen-bond acceptors (Lipinski definition) is 3. The van der Waals surface area contributed by atoms with Crippen LogP contribution in [-0.2, 0) is 16.1 Å². The van der Waals surface area contributed by atoms with Crippen molar-refractivity contribution >= 4 is 29.1 Å². The van der Waals surface area contributed by atoms with Crippen LogP contribution in [0.25, 0.3) is 0 Å². The smallest absolute Gasteiger partial charge is 0.251 e. The number of anilines is 1. The minimum absolute atomic E-state index is 0.283. The number of benzene rings is 2. The summed E-state index contributed by atoms with van der Waals surface area (Å²) in [5.41, 5.74) is 1.44. The lowest BCUT2D eigenvalue weighted by molar-refractivity contribution is -0.117. The van der Waals surface area contributed by atoms with E-state index in [1.807, 2.05) is 31.2 Å². The van der Waals surface area contributed by atoms with Gasteiger partial charge in [0.2, 0.25) is 5.91 Å². The number of fused-ring (bicyclic) bond motifs is 2. The van der Waals surface area contributed by atoms with Gasteiger partial charge in [0.1, 0.15) is 5.75 Å². The molecule has 1 aliphatic heterocycles. The van der Waals surface area contributed by atoms with Gasteiger partial charge in [-0.1, -0.05) is 43.1 Å². The molecule has 0 saturated carbocycles. The van der Waals surface area contributed by atoms with E-state index in [2.05, 4.69) is 5.32 Å². The predicted octanol–water partition coefficient (Wildman–Crippen LogP) is 4.45. The summed E-state index contributed by atoms with van der Waals surface area (Å²) in [6, 6.07) is 12.7. The molecule has 0 radical (unpaired) electrons. The van der Waals surface area contributed by atoms with Crippen LogP contribution in [0.2, 0.25) is 5.02 Å². The molecule has 2 aromatic rings. The Labute approximate surface area is 163 Å². The summed E-state index contributed by atoms with van der Waals surface area (Å²) in [4.78, 5) is 26.2. The molecular weight excluding hydrogens is 364 g/mol. The number of hydrogen-bond donors (Lipinski definition) is 1. The van der Waals surface area contributed by atoms with Gasteiger partial charge in [0.25, 0.3) is 5.91 Å². The summed E-state index contributed by atoms with van der Waals surface area (Å²) in [5.74, 6) is 0.634. The van der Waals surface area contributed by atoms with Gasteiger partial charge in [-0.15, -0.1) is 0 Å². The van der Waals surface area contributed by atoms with Crippen molar-refractivity contribution in [1.82, 2.24) is 5.32 Å². The fourth-order valence-electron chi connectivity index (χ4n) is 2.78. The van der Waals surface area contributed by atoms with Crippen molar-refractivity contribution in [3.05, 3.63) is 65.2 Å². The van der Waals surface area contributed by atoms with Gasteiger partial charge < -0.3 is 15.0 Å². The molecule has 0 aromatic heterocycles. The summed E-state index contributed by atoms with van der Waals surface area (Å²) >= 11 is 6.13. The second kappa shape index (κ2) is 8.73. The highest BCUT2D eigenvalue weighted by Crippen LogP contribution is 2.40. The summed E-state index contributed by atoms with van der Waals surface area (Å²) in [5, 5.41) is 3.26. The monoisotopic (exact) mass is 384 g/mol. The molecule has 140 valence electrons. The topological polar surface area (TPSA) is 58.6 Å². The van der Waals surface area contributed by atoms with Gasteiger partial charge in [0.05, 0.1) is 12.2 Å². The maximum atomic E-state index is 12.8. The first-order chi connectivity index (χ1) is 13.1. The van der Waals surface area contributed by atoms with E-state index in [4.69, 9.17) is 16.3 Å². The Morgan fingerprint density at radius 3 is 2.81 bits per heavy atom. The molecule has 1 heterocycles. The van der Waals surface area contributed by atoms with Crippen LogP contribution in [0, 0.1) is 0 Å². The lowest BCUT2D eigenvalue weighted by Crippen LogP contribution is -2.29. The molecular formula is C21H21ClN2O3. The Balaban J connectivity index is 1.86. The molecule has 0 aliphatic carbocycles.